The van der Waals surface area contributed by atoms with Gasteiger partial charge in [-0.2, -0.15) is 0 Å². The fourth-order valence-corrected chi connectivity index (χ4v) is 1.20. The van der Waals surface area contributed by atoms with Crippen molar-refractivity contribution in [2.75, 3.05) is 12.3 Å². The Morgan fingerprint density at radius 2 is 2.07 bits per heavy atom. The van der Waals surface area contributed by atoms with Crippen LogP contribution in [0.5, 0.6) is 0 Å². The first-order chi connectivity index (χ1) is 7.00. The molecule has 0 aliphatic rings. The van der Waals surface area contributed by atoms with Gasteiger partial charge in [-0.1, -0.05) is 0 Å². The molecule has 0 aromatic heterocycles. The number of nitrogens with one attached hydrogen (secondary N) is 1. The number of rotatable bonds is 3. The van der Waals surface area contributed by atoms with Crippen LogP contribution in [0.3, 0.4) is 0 Å². The Morgan fingerprint density at radius 1 is 1.40 bits per heavy atom. The number of nitrogens with two attached hydrogens (primary N) is 2. The average molecular weight is 272 g/mol. The lowest BCUT2D eigenvalue weighted by Crippen LogP contribution is -2.33. The van der Waals surface area contributed by atoms with Crippen LogP contribution in [0.2, 0.25) is 0 Å². The summed E-state index contributed by atoms with van der Waals surface area (Å²) in [5, 5.41) is 2.36. The van der Waals surface area contributed by atoms with Crippen LogP contribution >= 0.6 is 15.9 Å². The van der Waals surface area contributed by atoms with E-state index in [0.717, 1.165) is 0 Å². The molecule has 0 bridgehead atoms. The van der Waals surface area contributed by atoms with Gasteiger partial charge in [0.15, 0.2) is 0 Å². The molecule has 1 rings (SSSR count). The first-order valence-electron chi connectivity index (χ1n) is 4.12. The summed E-state index contributed by atoms with van der Waals surface area (Å²) in [5.41, 5.74) is 11.3. The summed E-state index contributed by atoms with van der Waals surface area (Å²) in [6.07, 6.45) is 0. The van der Waals surface area contributed by atoms with Crippen LogP contribution in [0.1, 0.15) is 10.4 Å². The Balaban J connectivity index is 2.74. The highest BCUT2D eigenvalue weighted by Crippen LogP contribution is 2.19. The van der Waals surface area contributed by atoms with Crippen LogP contribution in [0.15, 0.2) is 22.7 Å². The maximum atomic E-state index is 11.4. The number of anilines is 1. The van der Waals surface area contributed by atoms with E-state index in [4.69, 9.17) is 11.5 Å². The molecule has 1 aromatic rings. The van der Waals surface area contributed by atoms with Gasteiger partial charge in [-0.3, -0.25) is 9.59 Å². The van der Waals surface area contributed by atoms with Crippen molar-refractivity contribution in [1.82, 2.24) is 5.32 Å². The number of hydrogen-bond donors (Lipinski definition) is 3. The number of primary amides is 1. The Hall–Kier alpha value is -1.56. The predicted molar refractivity (Wildman–Crippen MR) is 60.1 cm³/mol. The molecular formula is C9H10BrN3O2. The summed E-state index contributed by atoms with van der Waals surface area (Å²) in [6.45, 7) is -0.186. The fourth-order valence-electron chi connectivity index (χ4n) is 0.954. The molecule has 2 amide bonds. The van der Waals surface area contributed by atoms with E-state index >= 15 is 0 Å². The summed E-state index contributed by atoms with van der Waals surface area (Å²) in [7, 11) is 0. The SMILES string of the molecule is NC(=O)CNC(=O)c1ccc(Br)c(N)c1. The topological polar surface area (TPSA) is 98.2 Å². The van der Waals surface area contributed by atoms with Crippen molar-refractivity contribution in [2.45, 2.75) is 0 Å². The van der Waals surface area contributed by atoms with Crippen molar-refractivity contribution in [2.24, 2.45) is 5.73 Å². The van der Waals surface area contributed by atoms with Crippen LogP contribution < -0.4 is 16.8 Å². The third-order valence-electron chi connectivity index (χ3n) is 1.68. The third kappa shape index (κ3) is 3.25. The van der Waals surface area contributed by atoms with Gasteiger partial charge in [0, 0.05) is 15.7 Å². The van der Waals surface area contributed by atoms with Crippen LogP contribution in [0.25, 0.3) is 0 Å². The molecule has 0 atom stereocenters. The molecule has 0 aliphatic carbocycles. The highest BCUT2D eigenvalue weighted by molar-refractivity contribution is 9.10. The van der Waals surface area contributed by atoms with Crippen molar-refractivity contribution < 1.29 is 9.59 Å². The molecule has 0 radical (unpaired) electrons. The highest BCUT2D eigenvalue weighted by Gasteiger charge is 2.07. The van der Waals surface area contributed by atoms with Gasteiger partial charge in [0.25, 0.3) is 5.91 Å². The smallest absolute Gasteiger partial charge is 0.251 e. The lowest BCUT2D eigenvalue weighted by atomic mass is 10.2. The van der Waals surface area contributed by atoms with Crippen molar-refractivity contribution in [3.05, 3.63) is 28.2 Å². The normalized spacial score (nSPS) is 9.67. The zero-order valence-electron chi connectivity index (χ0n) is 7.79. The molecule has 0 fully saturated rings. The number of benzene rings is 1. The van der Waals surface area contributed by atoms with Crippen LogP contribution in [-0.2, 0) is 4.79 Å². The first-order valence-corrected chi connectivity index (χ1v) is 4.91. The van der Waals surface area contributed by atoms with E-state index in [1.54, 1.807) is 12.1 Å². The van der Waals surface area contributed by atoms with E-state index in [0.29, 0.717) is 15.7 Å². The Bertz CT molecular complexity index is 406. The number of halogens is 1. The second kappa shape index (κ2) is 4.79. The standard InChI is InChI=1S/C9H10BrN3O2/c10-6-2-1-5(3-7(6)11)9(15)13-4-8(12)14/h1-3H,4,11H2,(H2,12,14)(H,13,15). The molecule has 1 aromatic carbocycles. The molecular weight excluding hydrogens is 262 g/mol. The molecule has 0 unspecified atom stereocenters. The number of nitrogen functional groups attached to an aromatic ring is 1. The fraction of sp³-hybridized carbons (Fsp3) is 0.111. The van der Waals surface area contributed by atoms with E-state index in [1.165, 1.54) is 6.07 Å². The first kappa shape index (κ1) is 11.5. The van der Waals surface area contributed by atoms with E-state index in [1.807, 2.05) is 0 Å². The molecule has 0 heterocycles. The Labute approximate surface area is 94.9 Å². The van der Waals surface area contributed by atoms with Gasteiger partial charge in [0.2, 0.25) is 5.91 Å². The number of hydrogen-bond acceptors (Lipinski definition) is 3. The van der Waals surface area contributed by atoms with E-state index in [-0.39, 0.29) is 12.5 Å². The highest BCUT2D eigenvalue weighted by atomic mass is 79.9. The van der Waals surface area contributed by atoms with E-state index in [2.05, 4.69) is 21.2 Å². The maximum absolute atomic E-state index is 11.4. The summed E-state index contributed by atoms with van der Waals surface area (Å²) in [6, 6.07) is 4.77. The molecule has 80 valence electrons. The minimum Gasteiger partial charge on any atom is -0.398 e. The van der Waals surface area contributed by atoms with Crippen molar-refractivity contribution in [1.29, 1.82) is 0 Å². The lowest BCUT2D eigenvalue weighted by Gasteiger charge is -2.04. The molecule has 5 N–H and O–H groups in total. The van der Waals surface area contributed by atoms with Gasteiger partial charge in [-0.05, 0) is 34.1 Å². The van der Waals surface area contributed by atoms with E-state index < -0.39 is 5.91 Å². The van der Waals surface area contributed by atoms with Gasteiger partial charge < -0.3 is 16.8 Å². The minimum atomic E-state index is -0.589. The largest absolute Gasteiger partial charge is 0.398 e. The van der Waals surface area contributed by atoms with Crippen molar-refractivity contribution >= 4 is 33.4 Å². The zero-order valence-corrected chi connectivity index (χ0v) is 9.37. The number of carbonyl (C=O) groups is 2. The number of carbonyl (C=O) groups excluding carboxylic acids is 2. The molecule has 0 saturated heterocycles. The van der Waals surface area contributed by atoms with Crippen molar-refractivity contribution in [3.8, 4) is 0 Å². The average Bonchev–Trinajstić information content (AvgIpc) is 2.18. The Kier molecular flexibility index (Phi) is 3.68. The van der Waals surface area contributed by atoms with Crippen LogP contribution in [0, 0.1) is 0 Å². The van der Waals surface area contributed by atoms with Gasteiger partial charge in [-0.25, -0.2) is 0 Å². The molecule has 0 saturated carbocycles. The second-order valence-corrected chi connectivity index (χ2v) is 3.74. The van der Waals surface area contributed by atoms with E-state index in [9.17, 15) is 9.59 Å². The lowest BCUT2D eigenvalue weighted by molar-refractivity contribution is -0.117. The van der Waals surface area contributed by atoms with Gasteiger partial charge in [0.05, 0.1) is 6.54 Å². The van der Waals surface area contributed by atoms with Gasteiger partial charge in [0.1, 0.15) is 0 Å². The summed E-state index contributed by atoms with van der Waals surface area (Å²) in [4.78, 5) is 21.9. The molecule has 0 spiro atoms. The molecule has 6 heteroatoms. The monoisotopic (exact) mass is 271 g/mol. The summed E-state index contributed by atoms with van der Waals surface area (Å²) in [5.74, 6) is -0.971. The quantitative estimate of drug-likeness (QED) is 0.687. The van der Waals surface area contributed by atoms with Crippen molar-refractivity contribution in [3.63, 3.8) is 0 Å². The minimum absolute atomic E-state index is 0.186. The second-order valence-electron chi connectivity index (χ2n) is 2.89. The zero-order chi connectivity index (χ0) is 11.4. The number of amides is 2. The van der Waals surface area contributed by atoms with Gasteiger partial charge in [-0.15, -0.1) is 0 Å². The molecule has 15 heavy (non-hydrogen) atoms. The summed E-state index contributed by atoms with van der Waals surface area (Å²) < 4.78 is 0.717. The van der Waals surface area contributed by atoms with Crippen LogP contribution in [0.4, 0.5) is 5.69 Å². The van der Waals surface area contributed by atoms with Gasteiger partial charge >= 0.3 is 0 Å². The van der Waals surface area contributed by atoms with Crippen LogP contribution in [-0.4, -0.2) is 18.4 Å². The summed E-state index contributed by atoms with van der Waals surface area (Å²) >= 11 is 3.21. The third-order valence-corrected chi connectivity index (χ3v) is 2.40. The molecule has 0 aliphatic heterocycles. The maximum Gasteiger partial charge on any atom is 0.251 e. The molecule has 5 nitrogen and oxygen atoms in total. The predicted octanol–water partition coefficient (Wildman–Crippen LogP) is 0.246. The Morgan fingerprint density at radius 3 is 2.60 bits per heavy atom.